The topological polar surface area (TPSA) is 11.4 Å². The van der Waals surface area contributed by atoms with E-state index < -0.39 is 0 Å². The summed E-state index contributed by atoms with van der Waals surface area (Å²) < 4.78 is 5.22. The van der Waals surface area contributed by atoms with Crippen LogP contribution in [0.1, 0.15) is 184 Å². The minimum atomic E-state index is -0.272. The quantitative estimate of drug-likeness (QED) is 0.154. The van der Waals surface area contributed by atoms with Gasteiger partial charge in [0.1, 0.15) is 0 Å². The zero-order chi connectivity index (χ0) is 70.2. The highest BCUT2D eigenvalue weighted by molar-refractivity contribution is 7.26. The molecule has 0 saturated heterocycles. The minimum absolute atomic E-state index is 0.0312. The SMILES string of the molecule is CC(C)(C)c1cc(-c2ccc3c(c2)N(c2c(-c4ccccc4)cc(C(C)(C)C)cc2-c2ccccc2)c2cc(C(C)(C)C)cc4c2B3c2ccc(-n3c5ccc(C(C)(C)C)cc5c5cc(C(C)(C)C)ccc53)cc2N4c2cccc3c2sc2c(C(C)(C)C)cccc23)cc(C(C)(C)C)c1. The standard InChI is InChI=1S/C94H98BN3S/c1-88(2,3)61-39-44-77-72(50-61)73-51-62(89(4,5)6)40-45-78(73)96(77)67-41-43-76-81(56-67)97(79-37-29-35-69-68-34-28-36-74(94(19,20)21)86(68)99-87(69)79)82-54-66(93(16,17)18)55-83-84(82)95(76)75-42-38-59(60-46-63(90(7,8)9)49-64(47-60)91(10,11)12)48-80(75)98(83)85-70(57-30-24-22-25-31-57)52-65(92(13,14)15)53-71(85)58-32-26-23-27-33-58/h22-56H,1-21H3. The Kier molecular flexibility index (Phi) is 15.2. The number of rotatable bonds is 6. The molecule has 5 heteroatoms. The first-order valence-electron chi connectivity index (χ1n) is 36.1. The zero-order valence-corrected chi connectivity index (χ0v) is 63.4. The van der Waals surface area contributed by atoms with Gasteiger partial charge in [-0.05, 0) is 188 Å². The maximum Gasteiger partial charge on any atom is 0.252 e. The lowest BCUT2D eigenvalue weighted by Gasteiger charge is -2.46. The summed E-state index contributed by atoms with van der Waals surface area (Å²) in [6.07, 6.45) is 0. The average Bonchev–Trinajstić information content (AvgIpc) is 0.890. The van der Waals surface area contributed by atoms with Gasteiger partial charge in [0.05, 0.1) is 27.1 Å². The molecule has 0 spiro atoms. The van der Waals surface area contributed by atoms with Gasteiger partial charge in [-0.3, -0.25) is 0 Å². The molecule has 11 aromatic carbocycles. The number of hydrogen-bond acceptors (Lipinski definition) is 3. The number of hydrogen-bond donors (Lipinski definition) is 0. The molecule has 0 aliphatic carbocycles. The summed E-state index contributed by atoms with van der Waals surface area (Å²) in [6.45, 7) is 49.4. The van der Waals surface area contributed by atoms with Crippen molar-refractivity contribution in [2.24, 2.45) is 0 Å². The van der Waals surface area contributed by atoms with Crippen molar-refractivity contribution >= 4 is 111 Å². The van der Waals surface area contributed by atoms with Gasteiger partial charge in [0.15, 0.2) is 0 Å². The van der Waals surface area contributed by atoms with Gasteiger partial charge in [-0.25, -0.2) is 0 Å². The lowest BCUT2D eigenvalue weighted by molar-refractivity contribution is 0.569. The van der Waals surface area contributed by atoms with Gasteiger partial charge in [-0.2, -0.15) is 0 Å². The lowest BCUT2D eigenvalue weighted by Crippen LogP contribution is -2.61. The molecule has 0 N–H and O–H groups in total. The van der Waals surface area contributed by atoms with Crippen LogP contribution in [0.25, 0.3) is 81.0 Å². The van der Waals surface area contributed by atoms with Crippen LogP contribution in [-0.4, -0.2) is 11.3 Å². The van der Waals surface area contributed by atoms with Crippen molar-refractivity contribution in [2.45, 2.75) is 183 Å². The summed E-state index contributed by atoms with van der Waals surface area (Å²) in [5, 5.41) is 5.17. The van der Waals surface area contributed by atoms with E-state index in [0.717, 1.165) is 5.69 Å². The highest BCUT2D eigenvalue weighted by Gasteiger charge is 2.46. The number of fused-ring (bicyclic) bond motifs is 10. The Morgan fingerprint density at radius 2 is 0.737 bits per heavy atom. The van der Waals surface area contributed by atoms with Gasteiger partial charge in [0.25, 0.3) is 6.71 Å². The van der Waals surface area contributed by atoms with Crippen LogP contribution >= 0.6 is 11.3 Å². The molecule has 99 heavy (non-hydrogen) atoms. The molecule has 2 aliphatic heterocycles. The van der Waals surface area contributed by atoms with Crippen LogP contribution in [0.4, 0.5) is 34.1 Å². The van der Waals surface area contributed by atoms with E-state index in [1.807, 2.05) is 11.3 Å². The predicted molar refractivity (Wildman–Crippen MR) is 435 cm³/mol. The van der Waals surface area contributed by atoms with Crippen LogP contribution in [0.5, 0.6) is 0 Å². The fraction of sp³-hybridized carbons (Fsp3) is 0.298. The number of nitrogens with zero attached hydrogens (tertiary/aromatic N) is 3. The van der Waals surface area contributed by atoms with Crippen molar-refractivity contribution in [1.82, 2.24) is 4.57 Å². The molecule has 0 amide bonds. The number of benzene rings is 11. The van der Waals surface area contributed by atoms with E-state index >= 15 is 0 Å². The third-order valence-electron chi connectivity index (χ3n) is 21.6. The smallest absolute Gasteiger partial charge is 0.252 e. The van der Waals surface area contributed by atoms with Crippen molar-refractivity contribution in [1.29, 1.82) is 0 Å². The maximum atomic E-state index is 2.75. The van der Waals surface area contributed by atoms with E-state index in [1.54, 1.807) is 0 Å². The Bertz CT molecular complexity index is 5250. The molecule has 3 nitrogen and oxygen atoms in total. The fourth-order valence-corrected chi connectivity index (χ4v) is 17.2. The van der Waals surface area contributed by atoms with Gasteiger partial charge in [-0.1, -0.05) is 285 Å². The summed E-state index contributed by atoms with van der Waals surface area (Å²) in [7, 11) is 0. The van der Waals surface area contributed by atoms with Gasteiger partial charge in [0.2, 0.25) is 0 Å². The fourth-order valence-electron chi connectivity index (χ4n) is 15.7. The van der Waals surface area contributed by atoms with Crippen LogP contribution in [0.2, 0.25) is 0 Å². The average molecular weight is 1310 g/mol. The number of thiophene rings is 1. The van der Waals surface area contributed by atoms with Crippen molar-refractivity contribution in [3.63, 3.8) is 0 Å². The van der Waals surface area contributed by atoms with E-state index in [4.69, 9.17) is 0 Å². The molecular weight excluding hydrogens is 1210 g/mol. The number of aromatic nitrogens is 1. The minimum Gasteiger partial charge on any atom is -0.310 e. The van der Waals surface area contributed by atoms with E-state index in [2.05, 4.69) is 372 Å². The Morgan fingerprint density at radius 3 is 1.24 bits per heavy atom. The number of anilines is 6. The summed E-state index contributed by atoms with van der Waals surface area (Å²) in [4.78, 5) is 5.48. The first-order valence-corrected chi connectivity index (χ1v) is 36.9. The van der Waals surface area contributed by atoms with Crippen LogP contribution < -0.4 is 26.2 Å². The van der Waals surface area contributed by atoms with E-state index in [-0.39, 0.29) is 44.6 Å². The Labute approximate surface area is 594 Å². The molecule has 0 bridgehead atoms. The maximum absolute atomic E-state index is 2.75. The van der Waals surface area contributed by atoms with Gasteiger partial charge in [-0.15, -0.1) is 11.3 Å². The molecule has 0 atom stereocenters. The third-order valence-corrected chi connectivity index (χ3v) is 22.9. The Balaban J connectivity index is 1.12. The summed E-state index contributed by atoms with van der Waals surface area (Å²) >= 11 is 1.97. The van der Waals surface area contributed by atoms with Gasteiger partial charge < -0.3 is 14.4 Å². The van der Waals surface area contributed by atoms with Gasteiger partial charge in [0, 0.05) is 65.8 Å². The van der Waals surface area contributed by atoms with Crippen LogP contribution in [-0.2, 0) is 37.9 Å². The first kappa shape index (κ1) is 66.0. The Hall–Kier alpha value is -8.90. The molecule has 15 rings (SSSR count). The molecule has 2 aromatic heterocycles. The van der Waals surface area contributed by atoms with Gasteiger partial charge >= 0.3 is 0 Å². The second kappa shape index (κ2) is 22.8. The first-order chi connectivity index (χ1) is 46.5. The molecule has 0 unspecified atom stereocenters. The zero-order valence-electron chi connectivity index (χ0n) is 62.5. The molecule has 0 saturated carbocycles. The van der Waals surface area contributed by atoms with Crippen molar-refractivity contribution in [2.75, 3.05) is 9.80 Å². The largest absolute Gasteiger partial charge is 0.310 e. The van der Waals surface area contributed by atoms with Crippen LogP contribution in [0, 0.1) is 0 Å². The molecule has 498 valence electrons. The second-order valence-electron chi connectivity index (χ2n) is 36.0. The third kappa shape index (κ3) is 11.3. The molecule has 2 aliphatic rings. The normalized spacial score (nSPS) is 13.8. The van der Waals surface area contributed by atoms with E-state index in [1.165, 1.54) is 165 Å². The summed E-state index contributed by atoms with van der Waals surface area (Å²) in [5.74, 6) is 0. The molecule has 4 heterocycles. The highest BCUT2D eigenvalue weighted by Crippen LogP contribution is 2.55. The van der Waals surface area contributed by atoms with E-state index in [0.29, 0.717) is 0 Å². The van der Waals surface area contributed by atoms with E-state index in [9.17, 15) is 0 Å². The summed E-state index contributed by atoms with van der Waals surface area (Å²) in [5.41, 5.74) is 30.4. The van der Waals surface area contributed by atoms with Crippen molar-refractivity contribution in [3.8, 4) is 39.1 Å². The molecular formula is C94H98BN3S. The molecule has 0 radical (unpaired) electrons. The summed E-state index contributed by atoms with van der Waals surface area (Å²) in [6, 6.07) is 83.9. The second-order valence-corrected chi connectivity index (χ2v) is 37.0. The van der Waals surface area contributed by atoms with Crippen LogP contribution in [0.15, 0.2) is 212 Å². The van der Waals surface area contributed by atoms with Crippen molar-refractivity contribution in [3.05, 3.63) is 251 Å². The monoisotopic (exact) mass is 1310 g/mol. The van der Waals surface area contributed by atoms with Crippen molar-refractivity contribution < 1.29 is 0 Å². The predicted octanol–water partition coefficient (Wildman–Crippen LogP) is 25.3. The Morgan fingerprint density at radius 1 is 0.283 bits per heavy atom. The molecule has 0 fully saturated rings. The molecule has 13 aromatic rings. The highest BCUT2D eigenvalue weighted by atomic mass is 32.1. The van der Waals surface area contributed by atoms with Crippen LogP contribution in [0.3, 0.4) is 0 Å². The lowest BCUT2D eigenvalue weighted by atomic mass is 9.33.